The third-order valence-electron chi connectivity index (χ3n) is 6.64. The van der Waals surface area contributed by atoms with Crippen molar-refractivity contribution in [2.75, 3.05) is 13.1 Å². The van der Waals surface area contributed by atoms with Crippen molar-refractivity contribution in [1.82, 2.24) is 15.5 Å². The van der Waals surface area contributed by atoms with E-state index in [1.54, 1.807) is 26.8 Å². The topological polar surface area (TPSA) is 70.7 Å². The molecule has 0 radical (unpaired) electrons. The van der Waals surface area contributed by atoms with Crippen LogP contribution < -0.4 is 10.6 Å². The first-order valence-corrected chi connectivity index (χ1v) is 12.4. The maximum absolute atomic E-state index is 13.1. The number of likely N-dealkylation sites (tertiary alicyclic amines) is 1. The predicted octanol–water partition coefficient (Wildman–Crippen LogP) is 4.97. The normalized spacial score (nSPS) is 23.7. The highest BCUT2D eigenvalue weighted by molar-refractivity contribution is 5.86. The molecule has 1 saturated carbocycles. The Labute approximate surface area is 206 Å². The maximum atomic E-state index is 13.1. The van der Waals surface area contributed by atoms with E-state index in [0.717, 1.165) is 32.0 Å². The molecule has 2 fully saturated rings. The van der Waals surface area contributed by atoms with Gasteiger partial charge in [-0.05, 0) is 69.4 Å². The van der Waals surface area contributed by atoms with Gasteiger partial charge >= 0.3 is 12.3 Å². The van der Waals surface area contributed by atoms with Gasteiger partial charge in [-0.1, -0.05) is 32.0 Å². The molecule has 1 heterocycles. The number of hydrogen-bond donors (Lipinski definition) is 2. The van der Waals surface area contributed by atoms with Crippen molar-refractivity contribution in [2.45, 2.75) is 84.3 Å². The minimum absolute atomic E-state index is 0.0193. The molecule has 0 unspecified atom stereocenters. The van der Waals surface area contributed by atoms with Crippen LogP contribution in [0.2, 0.25) is 0 Å². The van der Waals surface area contributed by atoms with Gasteiger partial charge in [0.25, 0.3) is 0 Å². The van der Waals surface area contributed by atoms with Crippen LogP contribution in [0.4, 0.5) is 18.0 Å². The van der Waals surface area contributed by atoms with Gasteiger partial charge in [0.05, 0.1) is 5.56 Å². The lowest BCUT2D eigenvalue weighted by Crippen LogP contribution is -2.52. The average molecular weight is 498 g/mol. The molecule has 0 bridgehead atoms. The van der Waals surface area contributed by atoms with Crippen molar-refractivity contribution < 1.29 is 27.5 Å². The summed E-state index contributed by atoms with van der Waals surface area (Å²) in [7, 11) is 0. The molecule has 9 heteroatoms. The van der Waals surface area contributed by atoms with E-state index in [-0.39, 0.29) is 23.8 Å². The first-order valence-electron chi connectivity index (χ1n) is 12.4. The summed E-state index contributed by atoms with van der Waals surface area (Å²) < 4.78 is 44.5. The Morgan fingerprint density at radius 2 is 1.86 bits per heavy atom. The minimum atomic E-state index is -4.35. The number of carbonyl (C=O) groups excluding carboxylic acids is 2. The summed E-state index contributed by atoms with van der Waals surface area (Å²) >= 11 is 0. The fraction of sp³-hybridized carbons (Fsp3) is 0.692. The Balaban J connectivity index is 1.59. The van der Waals surface area contributed by atoms with Gasteiger partial charge in [-0.25, -0.2) is 4.79 Å². The highest BCUT2D eigenvalue weighted by atomic mass is 19.4. The van der Waals surface area contributed by atoms with Crippen molar-refractivity contribution in [3.05, 3.63) is 35.4 Å². The third-order valence-corrected chi connectivity index (χ3v) is 6.64. The van der Waals surface area contributed by atoms with E-state index < -0.39 is 29.5 Å². The molecule has 1 aromatic carbocycles. The van der Waals surface area contributed by atoms with E-state index in [9.17, 15) is 22.8 Å². The fourth-order valence-electron chi connectivity index (χ4n) is 5.21. The van der Waals surface area contributed by atoms with Gasteiger partial charge in [-0.15, -0.1) is 0 Å². The summed E-state index contributed by atoms with van der Waals surface area (Å²) in [5.74, 6) is 0.623. The van der Waals surface area contributed by atoms with Gasteiger partial charge in [0.1, 0.15) is 11.6 Å². The van der Waals surface area contributed by atoms with Crippen LogP contribution in [0.3, 0.4) is 0 Å². The van der Waals surface area contributed by atoms with Crippen LogP contribution in [0.1, 0.15) is 65.0 Å². The highest BCUT2D eigenvalue weighted by Gasteiger charge is 2.43. The molecule has 196 valence electrons. The smallest absolute Gasteiger partial charge is 0.416 e. The van der Waals surface area contributed by atoms with Crippen LogP contribution in [0, 0.1) is 17.8 Å². The number of nitrogens with one attached hydrogen (secondary N) is 2. The van der Waals surface area contributed by atoms with Gasteiger partial charge in [0.15, 0.2) is 0 Å². The number of rotatable bonds is 7. The lowest BCUT2D eigenvalue weighted by atomic mass is 9.97. The number of benzene rings is 1. The second kappa shape index (κ2) is 10.8. The van der Waals surface area contributed by atoms with Crippen molar-refractivity contribution in [2.24, 2.45) is 17.8 Å². The number of amides is 2. The first kappa shape index (κ1) is 27.3. The summed E-state index contributed by atoms with van der Waals surface area (Å²) in [4.78, 5) is 27.6. The number of alkyl carbamates (subject to hydrolysis) is 1. The van der Waals surface area contributed by atoms with Crippen molar-refractivity contribution in [3.63, 3.8) is 0 Å². The summed E-state index contributed by atoms with van der Waals surface area (Å²) in [6, 6.07) is 4.77. The zero-order valence-corrected chi connectivity index (χ0v) is 21.2. The summed E-state index contributed by atoms with van der Waals surface area (Å²) in [6.07, 6.45) is -2.65. The zero-order chi connectivity index (χ0) is 26.0. The number of alkyl halides is 3. The van der Waals surface area contributed by atoms with E-state index >= 15 is 0 Å². The number of hydrogen-bond acceptors (Lipinski definition) is 4. The van der Waals surface area contributed by atoms with E-state index in [2.05, 4.69) is 15.5 Å². The summed E-state index contributed by atoms with van der Waals surface area (Å²) in [5.41, 5.74) is -0.652. The number of halogens is 3. The molecule has 35 heavy (non-hydrogen) atoms. The monoisotopic (exact) mass is 497 g/mol. The number of nitrogens with zero attached hydrogens (tertiary/aromatic N) is 1. The van der Waals surface area contributed by atoms with E-state index in [1.165, 1.54) is 12.1 Å². The fourth-order valence-corrected chi connectivity index (χ4v) is 5.21. The van der Waals surface area contributed by atoms with Crippen molar-refractivity contribution in [3.8, 4) is 0 Å². The van der Waals surface area contributed by atoms with Crippen LogP contribution in [0.15, 0.2) is 24.3 Å². The van der Waals surface area contributed by atoms with Crippen molar-refractivity contribution in [1.29, 1.82) is 0 Å². The third kappa shape index (κ3) is 7.85. The molecule has 0 spiro atoms. The molecule has 1 aliphatic heterocycles. The Hall–Kier alpha value is -2.29. The zero-order valence-electron chi connectivity index (χ0n) is 21.2. The Morgan fingerprint density at radius 1 is 1.14 bits per heavy atom. The SMILES string of the molecule is CC(C)C[C@H](NC(=O)OC(C)(C)C)C(=O)N[C@H]1CC[C@@H]2CN(Cc3cccc(C(F)(F)F)c3)C[C@H]21. The average Bonchev–Trinajstić information content (AvgIpc) is 3.26. The van der Waals surface area contributed by atoms with Crippen LogP contribution in [-0.4, -0.2) is 47.7 Å². The molecule has 2 amide bonds. The van der Waals surface area contributed by atoms with E-state index in [4.69, 9.17) is 4.74 Å². The van der Waals surface area contributed by atoms with Gasteiger partial charge in [0.2, 0.25) is 5.91 Å². The number of carbonyl (C=O) groups is 2. The highest BCUT2D eigenvalue weighted by Crippen LogP contribution is 2.39. The molecule has 2 N–H and O–H groups in total. The molecule has 1 saturated heterocycles. The molecular formula is C26H38F3N3O3. The summed E-state index contributed by atoms with van der Waals surface area (Å²) in [6.45, 7) is 11.3. The number of ether oxygens (including phenoxy) is 1. The van der Waals surface area contributed by atoms with Gasteiger partial charge < -0.3 is 15.4 Å². The maximum Gasteiger partial charge on any atom is 0.416 e. The Kier molecular flexibility index (Phi) is 8.40. The molecule has 6 nitrogen and oxygen atoms in total. The molecule has 1 aromatic rings. The van der Waals surface area contributed by atoms with Crippen LogP contribution >= 0.6 is 0 Å². The van der Waals surface area contributed by atoms with Crippen molar-refractivity contribution >= 4 is 12.0 Å². The first-order chi connectivity index (χ1) is 16.2. The molecule has 4 atom stereocenters. The standard InChI is InChI=1S/C26H38F3N3O3/c1-16(2)11-22(31-24(34)35-25(3,4)5)23(33)30-21-10-9-18-14-32(15-20(18)21)13-17-7-6-8-19(12-17)26(27,28)29/h6-8,12,16,18,20-22H,9-11,13-15H2,1-5H3,(H,30,33)(H,31,34)/t18-,20-,21+,22+/m1/s1. The van der Waals surface area contributed by atoms with Gasteiger partial charge in [0, 0.05) is 25.7 Å². The quantitative estimate of drug-likeness (QED) is 0.558. The molecular weight excluding hydrogens is 459 g/mol. The summed E-state index contributed by atoms with van der Waals surface area (Å²) in [5, 5.41) is 5.87. The second-order valence-electron chi connectivity index (χ2n) is 11.3. The second-order valence-corrected chi connectivity index (χ2v) is 11.3. The Morgan fingerprint density at radius 3 is 2.49 bits per heavy atom. The van der Waals surface area contributed by atoms with Crippen LogP contribution in [0.5, 0.6) is 0 Å². The van der Waals surface area contributed by atoms with E-state index in [0.29, 0.717) is 24.4 Å². The molecule has 1 aliphatic carbocycles. The molecule has 0 aromatic heterocycles. The van der Waals surface area contributed by atoms with Gasteiger partial charge in [-0.3, -0.25) is 9.69 Å². The number of fused-ring (bicyclic) bond motifs is 1. The van der Waals surface area contributed by atoms with Crippen LogP contribution in [-0.2, 0) is 22.3 Å². The lowest BCUT2D eigenvalue weighted by Gasteiger charge is -2.27. The molecule has 3 rings (SSSR count). The Bertz CT molecular complexity index is 898. The lowest BCUT2D eigenvalue weighted by molar-refractivity contribution is -0.137. The van der Waals surface area contributed by atoms with Gasteiger partial charge in [-0.2, -0.15) is 13.2 Å². The largest absolute Gasteiger partial charge is 0.444 e. The van der Waals surface area contributed by atoms with E-state index in [1.807, 2.05) is 13.8 Å². The minimum Gasteiger partial charge on any atom is -0.444 e. The predicted molar refractivity (Wildman–Crippen MR) is 127 cm³/mol. The molecule has 2 aliphatic rings. The van der Waals surface area contributed by atoms with Crippen LogP contribution in [0.25, 0.3) is 0 Å².